The maximum atomic E-state index is 12.6. The molecule has 0 aromatic carbocycles. The summed E-state index contributed by atoms with van der Waals surface area (Å²) >= 11 is 0. The Morgan fingerprint density at radius 1 is 1.24 bits per heavy atom. The van der Waals surface area contributed by atoms with E-state index in [9.17, 15) is 19.5 Å². The van der Waals surface area contributed by atoms with Crippen molar-refractivity contribution in [3.63, 3.8) is 0 Å². The number of carboxylic acid groups (broad SMARTS) is 1. The number of carbonyl (C=O) groups excluding carboxylic acids is 2. The fourth-order valence-corrected chi connectivity index (χ4v) is 3.30. The first-order valence-electron chi connectivity index (χ1n) is 7.49. The predicted molar refractivity (Wildman–Crippen MR) is 76.5 cm³/mol. The number of hydrogen-bond donors (Lipinski definition) is 2. The quantitative estimate of drug-likeness (QED) is 0.813. The number of amides is 2. The van der Waals surface area contributed by atoms with Crippen LogP contribution in [-0.2, 0) is 14.4 Å². The lowest BCUT2D eigenvalue weighted by molar-refractivity contribution is -0.144. The normalized spacial score (nSPS) is 29.3. The van der Waals surface area contributed by atoms with Gasteiger partial charge in [0.15, 0.2) is 0 Å². The SMILES string of the molecule is CC(NC(=O)C(C)(C)C)C(=O)N1C2CCC1C(C(=O)O)C2. The highest BCUT2D eigenvalue weighted by Crippen LogP contribution is 2.42. The smallest absolute Gasteiger partial charge is 0.308 e. The van der Waals surface area contributed by atoms with Gasteiger partial charge >= 0.3 is 5.97 Å². The average Bonchev–Trinajstić information content (AvgIpc) is 2.93. The van der Waals surface area contributed by atoms with E-state index < -0.39 is 23.3 Å². The van der Waals surface area contributed by atoms with E-state index in [0.29, 0.717) is 6.42 Å². The summed E-state index contributed by atoms with van der Waals surface area (Å²) in [5.41, 5.74) is -0.553. The summed E-state index contributed by atoms with van der Waals surface area (Å²) in [4.78, 5) is 37.5. The van der Waals surface area contributed by atoms with Crippen molar-refractivity contribution in [2.45, 2.75) is 65.1 Å². The first kappa shape index (κ1) is 15.8. The second-order valence-electron chi connectivity index (χ2n) is 7.17. The molecule has 0 radical (unpaired) electrons. The van der Waals surface area contributed by atoms with Crippen LogP contribution in [0.5, 0.6) is 0 Å². The molecule has 0 aromatic heterocycles. The number of aliphatic carboxylic acids is 1. The highest BCUT2D eigenvalue weighted by molar-refractivity contribution is 5.90. The summed E-state index contributed by atoms with van der Waals surface area (Å²) in [7, 11) is 0. The summed E-state index contributed by atoms with van der Waals surface area (Å²) in [5.74, 6) is -1.63. The Morgan fingerprint density at radius 3 is 2.33 bits per heavy atom. The molecular formula is C15H24N2O4. The minimum Gasteiger partial charge on any atom is -0.481 e. The standard InChI is InChI=1S/C15H24N2O4/c1-8(16-14(21)15(2,3)4)12(18)17-9-5-6-11(17)10(7-9)13(19)20/h8-11H,5-7H2,1-4H3,(H,16,21)(H,19,20). The van der Waals surface area contributed by atoms with Gasteiger partial charge in [-0.25, -0.2) is 0 Å². The van der Waals surface area contributed by atoms with Crippen LogP contribution in [0.2, 0.25) is 0 Å². The van der Waals surface area contributed by atoms with Crippen LogP contribution in [0.1, 0.15) is 47.0 Å². The van der Waals surface area contributed by atoms with E-state index in [1.807, 2.05) is 0 Å². The second-order valence-corrected chi connectivity index (χ2v) is 7.17. The van der Waals surface area contributed by atoms with Gasteiger partial charge in [-0.15, -0.1) is 0 Å². The molecule has 2 aliphatic heterocycles. The van der Waals surface area contributed by atoms with Crippen molar-refractivity contribution in [1.82, 2.24) is 10.2 Å². The molecule has 2 bridgehead atoms. The van der Waals surface area contributed by atoms with Crippen molar-refractivity contribution in [3.05, 3.63) is 0 Å². The molecular weight excluding hydrogens is 272 g/mol. The molecule has 4 unspecified atom stereocenters. The molecule has 21 heavy (non-hydrogen) atoms. The molecule has 118 valence electrons. The minimum atomic E-state index is -0.827. The van der Waals surface area contributed by atoms with Crippen LogP contribution >= 0.6 is 0 Å². The lowest BCUT2D eigenvalue weighted by atomic mass is 9.89. The maximum absolute atomic E-state index is 12.6. The molecule has 2 N–H and O–H groups in total. The number of carboxylic acids is 1. The number of fused-ring (bicyclic) bond motifs is 2. The lowest BCUT2D eigenvalue weighted by Gasteiger charge is -2.28. The van der Waals surface area contributed by atoms with E-state index in [4.69, 9.17) is 0 Å². The van der Waals surface area contributed by atoms with E-state index in [1.165, 1.54) is 0 Å². The van der Waals surface area contributed by atoms with E-state index in [1.54, 1.807) is 32.6 Å². The zero-order chi connectivity index (χ0) is 15.9. The minimum absolute atomic E-state index is 0.0117. The van der Waals surface area contributed by atoms with Gasteiger partial charge in [0.2, 0.25) is 11.8 Å². The van der Waals surface area contributed by atoms with Gasteiger partial charge in [0, 0.05) is 17.5 Å². The van der Waals surface area contributed by atoms with Gasteiger partial charge in [0.1, 0.15) is 6.04 Å². The molecule has 2 amide bonds. The monoisotopic (exact) mass is 296 g/mol. The van der Waals surface area contributed by atoms with E-state index in [0.717, 1.165) is 12.8 Å². The summed E-state index contributed by atoms with van der Waals surface area (Å²) in [6.45, 7) is 7.04. The van der Waals surface area contributed by atoms with Crippen molar-refractivity contribution in [2.75, 3.05) is 0 Å². The van der Waals surface area contributed by atoms with Gasteiger partial charge in [-0.1, -0.05) is 20.8 Å². The van der Waals surface area contributed by atoms with Crippen LogP contribution in [-0.4, -0.2) is 45.9 Å². The van der Waals surface area contributed by atoms with Gasteiger partial charge in [-0.2, -0.15) is 0 Å². The van der Waals surface area contributed by atoms with Gasteiger partial charge < -0.3 is 15.3 Å². The number of rotatable bonds is 3. The van der Waals surface area contributed by atoms with E-state index >= 15 is 0 Å². The molecule has 0 aliphatic carbocycles. The molecule has 2 heterocycles. The van der Waals surface area contributed by atoms with Crippen LogP contribution < -0.4 is 5.32 Å². The summed E-state index contributed by atoms with van der Waals surface area (Å²) in [5, 5.41) is 11.9. The molecule has 0 aromatic rings. The van der Waals surface area contributed by atoms with Crippen molar-refractivity contribution in [2.24, 2.45) is 11.3 Å². The molecule has 2 rings (SSSR count). The number of nitrogens with one attached hydrogen (secondary N) is 1. The topological polar surface area (TPSA) is 86.7 Å². The van der Waals surface area contributed by atoms with Crippen LogP contribution in [0, 0.1) is 11.3 Å². The summed E-state index contributed by atoms with van der Waals surface area (Å²) < 4.78 is 0. The predicted octanol–water partition coefficient (Wildman–Crippen LogP) is 1.00. The van der Waals surface area contributed by atoms with Crippen LogP contribution in [0.15, 0.2) is 0 Å². The summed E-state index contributed by atoms with van der Waals surface area (Å²) in [6, 6.07) is -0.820. The first-order valence-corrected chi connectivity index (χ1v) is 7.49. The molecule has 0 saturated carbocycles. The lowest BCUT2D eigenvalue weighted by Crippen LogP contribution is -2.51. The van der Waals surface area contributed by atoms with Crippen molar-refractivity contribution >= 4 is 17.8 Å². The highest BCUT2D eigenvalue weighted by atomic mass is 16.4. The Morgan fingerprint density at radius 2 is 1.86 bits per heavy atom. The Labute approximate surface area is 124 Å². The molecule has 4 atom stereocenters. The van der Waals surface area contributed by atoms with Gasteiger partial charge in [0.25, 0.3) is 0 Å². The van der Waals surface area contributed by atoms with Crippen LogP contribution in [0.4, 0.5) is 0 Å². The summed E-state index contributed by atoms with van der Waals surface area (Å²) in [6.07, 6.45) is 2.14. The van der Waals surface area contributed by atoms with Gasteiger partial charge in [-0.3, -0.25) is 14.4 Å². The molecule has 2 fully saturated rings. The molecule has 6 nitrogen and oxygen atoms in total. The Hall–Kier alpha value is -1.59. The maximum Gasteiger partial charge on any atom is 0.308 e. The van der Waals surface area contributed by atoms with E-state index in [-0.39, 0.29) is 23.9 Å². The molecule has 6 heteroatoms. The molecule has 0 spiro atoms. The Balaban J connectivity index is 2.04. The fourth-order valence-electron chi connectivity index (χ4n) is 3.30. The number of hydrogen-bond acceptors (Lipinski definition) is 3. The largest absolute Gasteiger partial charge is 0.481 e. The van der Waals surface area contributed by atoms with Crippen LogP contribution in [0.3, 0.4) is 0 Å². The van der Waals surface area contributed by atoms with E-state index in [2.05, 4.69) is 5.32 Å². The average molecular weight is 296 g/mol. The zero-order valence-electron chi connectivity index (χ0n) is 13.0. The van der Waals surface area contributed by atoms with Crippen molar-refractivity contribution in [3.8, 4) is 0 Å². The second kappa shape index (κ2) is 5.31. The fraction of sp³-hybridized carbons (Fsp3) is 0.800. The van der Waals surface area contributed by atoms with Gasteiger partial charge in [-0.05, 0) is 26.2 Å². The third kappa shape index (κ3) is 2.89. The first-order chi connectivity index (χ1) is 9.62. The third-order valence-electron chi connectivity index (χ3n) is 4.51. The molecule has 2 saturated heterocycles. The number of nitrogens with zero attached hydrogens (tertiary/aromatic N) is 1. The van der Waals surface area contributed by atoms with Crippen LogP contribution in [0.25, 0.3) is 0 Å². The van der Waals surface area contributed by atoms with Crippen molar-refractivity contribution in [1.29, 1.82) is 0 Å². The number of carbonyl (C=O) groups is 3. The van der Waals surface area contributed by atoms with Crippen molar-refractivity contribution < 1.29 is 19.5 Å². The third-order valence-corrected chi connectivity index (χ3v) is 4.51. The highest BCUT2D eigenvalue weighted by Gasteiger charge is 2.52. The Bertz CT molecular complexity index is 469. The Kier molecular flexibility index (Phi) is 4.00. The van der Waals surface area contributed by atoms with Gasteiger partial charge in [0.05, 0.1) is 5.92 Å². The zero-order valence-corrected chi connectivity index (χ0v) is 13.0. The molecule has 2 aliphatic rings.